The van der Waals surface area contributed by atoms with Crippen LogP contribution in [-0.4, -0.2) is 45.4 Å². The van der Waals surface area contributed by atoms with Crippen molar-refractivity contribution in [3.05, 3.63) is 109 Å². The Morgan fingerprint density at radius 1 is 1.10 bits per heavy atom. The van der Waals surface area contributed by atoms with E-state index in [1.807, 2.05) is 78.1 Å². The van der Waals surface area contributed by atoms with Crippen molar-refractivity contribution >= 4 is 17.8 Å². The number of rotatable bonds is 10. The number of aromatic nitrogens is 3. The van der Waals surface area contributed by atoms with E-state index in [1.54, 1.807) is 42.6 Å². The highest BCUT2D eigenvalue weighted by Crippen LogP contribution is 2.20. The second-order valence-electron chi connectivity index (χ2n) is 8.71. The normalized spacial score (nSPS) is 11.7. The van der Waals surface area contributed by atoms with E-state index in [-0.39, 0.29) is 11.8 Å². The highest BCUT2D eigenvalue weighted by atomic mass is 16.2. The van der Waals surface area contributed by atoms with Gasteiger partial charge in [-0.2, -0.15) is 0 Å². The molecule has 0 fully saturated rings. The molecule has 2 aromatic heterocycles. The highest BCUT2D eigenvalue weighted by molar-refractivity contribution is 5.90. The topological polar surface area (TPSA) is 100 Å². The molecule has 8 heteroatoms. The van der Waals surface area contributed by atoms with Gasteiger partial charge in [0, 0.05) is 31.7 Å². The molecule has 0 aliphatic heterocycles. The summed E-state index contributed by atoms with van der Waals surface area (Å²) in [5.74, 6) is -0.0151. The number of amides is 3. The Labute approximate surface area is 240 Å². The van der Waals surface area contributed by atoms with Crippen LogP contribution in [0.3, 0.4) is 0 Å². The summed E-state index contributed by atoms with van der Waals surface area (Å²) in [6, 6.07) is 3.42. The number of allylic oxidation sites excluding steroid dienone is 6. The first-order chi connectivity index (χ1) is 19.2. The molecule has 1 atom stereocenters. The molecule has 2 aromatic rings. The van der Waals surface area contributed by atoms with Crippen LogP contribution in [0.5, 0.6) is 0 Å². The van der Waals surface area contributed by atoms with Crippen LogP contribution in [0.4, 0.5) is 10.6 Å². The minimum atomic E-state index is -0.460. The second-order valence-corrected chi connectivity index (χ2v) is 8.71. The minimum absolute atomic E-state index is 0.00807. The van der Waals surface area contributed by atoms with Gasteiger partial charge < -0.3 is 10.2 Å². The monoisotopic (exact) mass is 546 g/mol. The SMILES string of the molecule is C/C=C\C.C=C/C=C(NC(=O)Nc1cnc(C)cn1)\C(=C/C(C)C(=O)N(C)CC)CCc1cccnc1.C=CC. The van der Waals surface area contributed by atoms with E-state index >= 15 is 0 Å². The summed E-state index contributed by atoms with van der Waals surface area (Å²) in [5, 5.41) is 5.55. The number of nitrogens with zero attached hydrogens (tertiary/aromatic N) is 4. The fourth-order valence-electron chi connectivity index (χ4n) is 3.08. The van der Waals surface area contributed by atoms with Crippen molar-refractivity contribution in [3.63, 3.8) is 0 Å². The maximum atomic E-state index is 12.7. The molecule has 0 spiro atoms. The molecular formula is C32H46N6O2. The van der Waals surface area contributed by atoms with Crippen molar-refractivity contribution in [2.75, 3.05) is 18.9 Å². The molecule has 3 amide bonds. The van der Waals surface area contributed by atoms with Gasteiger partial charge in [0.2, 0.25) is 5.91 Å². The first-order valence-electron chi connectivity index (χ1n) is 13.4. The number of nitrogens with one attached hydrogen (secondary N) is 2. The predicted molar refractivity (Wildman–Crippen MR) is 167 cm³/mol. The van der Waals surface area contributed by atoms with Gasteiger partial charge in [0.1, 0.15) is 0 Å². The van der Waals surface area contributed by atoms with Crippen LogP contribution in [-0.2, 0) is 11.2 Å². The van der Waals surface area contributed by atoms with Gasteiger partial charge in [-0.05, 0) is 70.7 Å². The third kappa shape index (κ3) is 15.2. The third-order valence-corrected chi connectivity index (χ3v) is 5.33. The number of urea groups is 1. The van der Waals surface area contributed by atoms with Gasteiger partial charge in [-0.25, -0.2) is 9.78 Å². The van der Waals surface area contributed by atoms with Crippen LogP contribution in [0.1, 0.15) is 52.3 Å². The minimum Gasteiger partial charge on any atom is -0.346 e. The molecule has 216 valence electrons. The first-order valence-corrected chi connectivity index (χ1v) is 13.4. The molecule has 0 bridgehead atoms. The lowest BCUT2D eigenvalue weighted by atomic mass is 9.97. The maximum Gasteiger partial charge on any atom is 0.324 e. The Morgan fingerprint density at radius 3 is 2.27 bits per heavy atom. The quantitative estimate of drug-likeness (QED) is 0.252. The fraction of sp³-hybridized carbons (Fsp3) is 0.344. The Morgan fingerprint density at radius 2 is 1.77 bits per heavy atom. The number of pyridine rings is 1. The fourth-order valence-corrected chi connectivity index (χ4v) is 3.08. The molecule has 2 rings (SSSR count). The lowest BCUT2D eigenvalue weighted by Crippen LogP contribution is -2.32. The van der Waals surface area contributed by atoms with Crippen molar-refractivity contribution in [2.45, 2.75) is 54.4 Å². The molecule has 8 nitrogen and oxygen atoms in total. The first kappa shape index (κ1) is 35.7. The van der Waals surface area contributed by atoms with E-state index in [4.69, 9.17) is 0 Å². The number of hydrogen-bond acceptors (Lipinski definition) is 5. The zero-order valence-corrected chi connectivity index (χ0v) is 25.1. The highest BCUT2D eigenvalue weighted by Gasteiger charge is 2.18. The molecule has 0 saturated heterocycles. The van der Waals surface area contributed by atoms with E-state index in [1.165, 1.54) is 6.20 Å². The van der Waals surface area contributed by atoms with Crippen LogP contribution in [0, 0.1) is 12.8 Å². The molecule has 0 aliphatic carbocycles. The van der Waals surface area contributed by atoms with E-state index in [0.717, 1.165) is 16.8 Å². The third-order valence-electron chi connectivity index (χ3n) is 5.33. The molecule has 0 saturated carbocycles. The molecule has 2 heterocycles. The Kier molecular flexibility index (Phi) is 19.3. The summed E-state index contributed by atoms with van der Waals surface area (Å²) in [6.45, 7) is 19.2. The molecule has 0 aromatic carbocycles. The molecule has 2 N–H and O–H groups in total. The smallest absolute Gasteiger partial charge is 0.324 e. The second kappa shape index (κ2) is 21.6. The molecule has 0 radical (unpaired) electrons. The van der Waals surface area contributed by atoms with Gasteiger partial charge in [-0.1, -0.05) is 49.9 Å². The van der Waals surface area contributed by atoms with Crippen molar-refractivity contribution in [1.29, 1.82) is 0 Å². The van der Waals surface area contributed by atoms with Gasteiger partial charge in [-0.15, -0.1) is 6.58 Å². The van der Waals surface area contributed by atoms with Crippen molar-refractivity contribution < 1.29 is 9.59 Å². The van der Waals surface area contributed by atoms with E-state index < -0.39 is 6.03 Å². The number of carbonyl (C=O) groups excluding carboxylic acids is 2. The average molecular weight is 547 g/mol. The molecule has 40 heavy (non-hydrogen) atoms. The summed E-state index contributed by atoms with van der Waals surface area (Å²) >= 11 is 0. The van der Waals surface area contributed by atoms with Crippen molar-refractivity contribution in [2.24, 2.45) is 5.92 Å². The number of hydrogen-bond donors (Lipinski definition) is 2. The van der Waals surface area contributed by atoms with E-state index in [9.17, 15) is 9.59 Å². The Bertz CT molecular complexity index is 1120. The van der Waals surface area contributed by atoms with Gasteiger partial charge in [0.15, 0.2) is 5.82 Å². The van der Waals surface area contributed by atoms with Gasteiger partial charge >= 0.3 is 6.03 Å². The zero-order chi connectivity index (χ0) is 30.3. The molecule has 0 aliphatic rings. The van der Waals surface area contributed by atoms with E-state index in [2.05, 4.69) is 38.7 Å². The van der Waals surface area contributed by atoms with Crippen molar-refractivity contribution in [3.8, 4) is 0 Å². The molecular weight excluding hydrogens is 500 g/mol. The largest absolute Gasteiger partial charge is 0.346 e. The summed E-state index contributed by atoms with van der Waals surface area (Å²) in [4.78, 5) is 39.4. The number of aryl methyl sites for hydroxylation is 2. The number of anilines is 1. The average Bonchev–Trinajstić information content (AvgIpc) is 2.96. The van der Waals surface area contributed by atoms with Crippen LogP contribution in [0.2, 0.25) is 0 Å². The van der Waals surface area contributed by atoms with Crippen LogP contribution in [0.15, 0.2) is 97.8 Å². The van der Waals surface area contributed by atoms with Gasteiger partial charge in [0.25, 0.3) is 0 Å². The lowest BCUT2D eigenvalue weighted by Gasteiger charge is -2.20. The standard InChI is InChI=1S/C25H32N6O2.C4H8.C3H6/c1-6-9-22(29-25(33)30-23-17-27-19(4)15-28-23)21(12-11-20-10-8-13-26-16-20)14-18(3)24(32)31(5)7-2;1-3-4-2;1-3-2/h6,8-10,13-18H,1,7,11-12H2,2-5H3,(H2,28,29,30,33);3-4H,1-2H3;3H,1H2,2H3/b21-14-,22-9+;4-3-;. The summed E-state index contributed by atoms with van der Waals surface area (Å²) in [6.07, 6.45) is 18.9. The summed E-state index contributed by atoms with van der Waals surface area (Å²) < 4.78 is 0. The van der Waals surface area contributed by atoms with E-state index in [0.29, 0.717) is 30.9 Å². The Hall–Kier alpha value is -4.33. The zero-order valence-electron chi connectivity index (χ0n) is 25.1. The Balaban J connectivity index is 0.00000195. The summed E-state index contributed by atoms with van der Waals surface area (Å²) in [7, 11) is 1.77. The lowest BCUT2D eigenvalue weighted by molar-refractivity contribution is -0.132. The molecule has 1 unspecified atom stereocenters. The van der Waals surface area contributed by atoms with Gasteiger partial charge in [-0.3, -0.25) is 20.1 Å². The van der Waals surface area contributed by atoms with Crippen LogP contribution >= 0.6 is 0 Å². The van der Waals surface area contributed by atoms with Crippen LogP contribution < -0.4 is 10.6 Å². The summed E-state index contributed by atoms with van der Waals surface area (Å²) in [5.41, 5.74) is 3.20. The van der Waals surface area contributed by atoms with Gasteiger partial charge in [0.05, 0.1) is 24.0 Å². The van der Waals surface area contributed by atoms with Crippen LogP contribution in [0.25, 0.3) is 0 Å². The van der Waals surface area contributed by atoms with Crippen molar-refractivity contribution in [1.82, 2.24) is 25.2 Å². The number of carbonyl (C=O) groups is 2. The maximum absolute atomic E-state index is 12.7. The predicted octanol–water partition coefficient (Wildman–Crippen LogP) is 6.82.